The van der Waals surface area contributed by atoms with Crippen LogP contribution in [0.15, 0.2) is 35.9 Å². The number of piperidine rings is 1. The number of hydrogen-bond donors (Lipinski definition) is 1. The topological polar surface area (TPSA) is 62.2 Å². The number of aliphatic hydroxyl groups is 1. The standard InChI is InChI=1S/C23H34N2O4/c1-18-6-10-24(11-7-18)15-19-4-3-5-22(14-19)29-17-21(26)16-25-12-8-20(9-13-25)23(27)28-2/h3-6,14,20-21,26H,7-13,15-17H2,1-2H3/t21-/m1/s1. The minimum atomic E-state index is -0.552. The maximum Gasteiger partial charge on any atom is 0.308 e. The summed E-state index contributed by atoms with van der Waals surface area (Å²) in [6, 6.07) is 8.15. The number of esters is 1. The number of β-amino-alcohol motifs (C(OH)–C–C–N with tert-alkyl or cyclic N) is 1. The van der Waals surface area contributed by atoms with Gasteiger partial charge in [0.05, 0.1) is 13.0 Å². The van der Waals surface area contributed by atoms with Gasteiger partial charge in [0.2, 0.25) is 0 Å². The van der Waals surface area contributed by atoms with Crippen LogP contribution >= 0.6 is 0 Å². The van der Waals surface area contributed by atoms with Gasteiger partial charge in [-0.15, -0.1) is 0 Å². The molecule has 3 rings (SSSR count). The number of ether oxygens (including phenoxy) is 2. The van der Waals surface area contributed by atoms with Crippen molar-refractivity contribution in [3.8, 4) is 5.75 Å². The van der Waals surface area contributed by atoms with Gasteiger partial charge in [0.1, 0.15) is 18.5 Å². The summed E-state index contributed by atoms with van der Waals surface area (Å²) in [6.45, 7) is 7.64. The molecular formula is C23H34N2O4. The molecule has 0 spiro atoms. The fourth-order valence-corrected chi connectivity index (χ4v) is 4.01. The third kappa shape index (κ3) is 6.84. The molecule has 0 amide bonds. The van der Waals surface area contributed by atoms with E-state index in [2.05, 4.69) is 34.9 Å². The lowest BCUT2D eigenvalue weighted by Crippen LogP contribution is -2.42. The molecule has 2 aliphatic rings. The quantitative estimate of drug-likeness (QED) is 0.532. The predicted molar refractivity (Wildman–Crippen MR) is 113 cm³/mol. The molecule has 0 radical (unpaired) electrons. The second-order valence-corrected chi connectivity index (χ2v) is 8.25. The number of aliphatic hydroxyl groups excluding tert-OH is 1. The molecular weight excluding hydrogens is 368 g/mol. The van der Waals surface area contributed by atoms with Gasteiger partial charge in [-0.2, -0.15) is 0 Å². The first-order valence-corrected chi connectivity index (χ1v) is 10.6. The number of carbonyl (C=O) groups excluding carboxylic acids is 1. The first kappa shape index (κ1) is 21.8. The van der Waals surface area contributed by atoms with Crippen molar-refractivity contribution in [1.29, 1.82) is 0 Å². The van der Waals surface area contributed by atoms with Crippen LogP contribution in [-0.2, 0) is 16.1 Å². The molecule has 1 atom stereocenters. The average Bonchev–Trinajstić information content (AvgIpc) is 2.74. The third-order valence-corrected chi connectivity index (χ3v) is 5.86. The second kappa shape index (κ2) is 10.8. The van der Waals surface area contributed by atoms with E-state index in [0.29, 0.717) is 6.54 Å². The monoisotopic (exact) mass is 402 g/mol. The van der Waals surface area contributed by atoms with Gasteiger partial charge in [-0.3, -0.25) is 9.69 Å². The molecule has 0 aromatic heterocycles. The number of likely N-dealkylation sites (tertiary alicyclic amines) is 1. The SMILES string of the molecule is COC(=O)C1CCN(C[C@@H](O)COc2cccc(CN3CC=C(C)CC3)c2)CC1. The molecule has 0 bridgehead atoms. The third-order valence-electron chi connectivity index (χ3n) is 5.86. The molecule has 0 aliphatic carbocycles. The lowest BCUT2D eigenvalue weighted by Gasteiger charge is -2.31. The second-order valence-electron chi connectivity index (χ2n) is 8.25. The van der Waals surface area contributed by atoms with Gasteiger partial charge in [0.25, 0.3) is 0 Å². The average molecular weight is 403 g/mol. The molecule has 1 saturated heterocycles. The van der Waals surface area contributed by atoms with Gasteiger partial charge in [-0.1, -0.05) is 23.8 Å². The summed E-state index contributed by atoms with van der Waals surface area (Å²) in [4.78, 5) is 16.2. The first-order valence-electron chi connectivity index (χ1n) is 10.6. The Morgan fingerprint density at radius 3 is 2.72 bits per heavy atom. The Balaban J connectivity index is 1.40. The fourth-order valence-electron chi connectivity index (χ4n) is 4.01. The van der Waals surface area contributed by atoms with E-state index in [9.17, 15) is 9.90 Å². The van der Waals surface area contributed by atoms with Crippen LogP contribution in [0.1, 0.15) is 31.7 Å². The molecule has 1 aromatic carbocycles. The Hall–Kier alpha value is -1.89. The smallest absolute Gasteiger partial charge is 0.308 e. The van der Waals surface area contributed by atoms with E-state index < -0.39 is 6.10 Å². The molecule has 29 heavy (non-hydrogen) atoms. The lowest BCUT2D eigenvalue weighted by molar-refractivity contribution is -0.147. The highest BCUT2D eigenvalue weighted by atomic mass is 16.5. The van der Waals surface area contributed by atoms with Crippen LogP contribution in [0.3, 0.4) is 0 Å². The Kier molecular flexibility index (Phi) is 8.09. The fraction of sp³-hybridized carbons (Fsp3) is 0.609. The van der Waals surface area contributed by atoms with E-state index in [4.69, 9.17) is 9.47 Å². The zero-order valence-electron chi connectivity index (χ0n) is 17.7. The maximum absolute atomic E-state index is 11.6. The van der Waals surface area contributed by atoms with E-state index >= 15 is 0 Å². The van der Waals surface area contributed by atoms with E-state index in [1.165, 1.54) is 18.2 Å². The summed E-state index contributed by atoms with van der Waals surface area (Å²) in [7, 11) is 1.44. The van der Waals surface area contributed by atoms with E-state index in [1.807, 2.05) is 12.1 Å². The first-order chi connectivity index (χ1) is 14.0. The van der Waals surface area contributed by atoms with Gasteiger partial charge >= 0.3 is 5.97 Å². The van der Waals surface area contributed by atoms with Crippen molar-refractivity contribution in [3.63, 3.8) is 0 Å². The van der Waals surface area contributed by atoms with Gasteiger partial charge in [-0.05, 0) is 57.0 Å². The van der Waals surface area contributed by atoms with Gasteiger partial charge in [0.15, 0.2) is 0 Å². The Morgan fingerprint density at radius 1 is 1.24 bits per heavy atom. The molecule has 2 heterocycles. The lowest BCUT2D eigenvalue weighted by atomic mass is 9.97. The van der Waals surface area contributed by atoms with E-state index in [1.54, 1.807) is 0 Å². The molecule has 0 unspecified atom stereocenters. The largest absolute Gasteiger partial charge is 0.491 e. The van der Waals surface area contributed by atoms with Crippen molar-refractivity contribution in [2.45, 2.75) is 38.8 Å². The highest BCUT2D eigenvalue weighted by Crippen LogP contribution is 2.20. The summed E-state index contributed by atoms with van der Waals surface area (Å²) in [5.41, 5.74) is 2.71. The van der Waals surface area contributed by atoms with Crippen molar-refractivity contribution >= 4 is 5.97 Å². The number of rotatable bonds is 8. The molecule has 160 valence electrons. The summed E-state index contributed by atoms with van der Waals surface area (Å²) in [5, 5.41) is 10.4. The maximum atomic E-state index is 11.6. The van der Waals surface area contributed by atoms with Crippen molar-refractivity contribution < 1.29 is 19.4 Å². The molecule has 2 aliphatic heterocycles. The molecule has 1 fully saturated rings. The van der Waals surface area contributed by atoms with Gasteiger partial charge in [0, 0.05) is 26.2 Å². The Labute approximate surface area is 174 Å². The number of nitrogens with zero attached hydrogens (tertiary/aromatic N) is 2. The van der Waals surface area contributed by atoms with Crippen molar-refractivity contribution in [2.24, 2.45) is 5.92 Å². The molecule has 1 N–H and O–H groups in total. The number of methoxy groups -OCH3 is 1. The summed E-state index contributed by atoms with van der Waals surface area (Å²) < 4.78 is 10.7. The summed E-state index contributed by atoms with van der Waals surface area (Å²) in [6.07, 6.45) is 4.46. The summed E-state index contributed by atoms with van der Waals surface area (Å²) in [5.74, 6) is 0.672. The molecule has 1 aromatic rings. The zero-order chi connectivity index (χ0) is 20.6. The minimum absolute atomic E-state index is 0.00769. The van der Waals surface area contributed by atoms with Gasteiger partial charge < -0.3 is 19.5 Å². The van der Waals surface area contributed by atoms with Crippen molar-refractivity contribution in [2.75, 3.05) is 46.4 Å². The van der Waals surface area contributed by atoms with Crippen molar-refractivity contribution in [1.82, 2.24) is 9.80 Å². The Morgan fingerprint density at radius 2 is 2.03 bits per heavy atom. The highest BCUT2D eigenvalue weighted by Gasteiger charge is 2.26. The van der Waals surface area contributed by atoms with Crippen LogP contribution in [0.25, 0.3) is 0 Å². The number of benzene rings is 1. The zero-order valence-corrected chi connectivity index (χ0v) is 17.7. The number of hydrogen-bond acceptors (Lipinski definition) is 6. The van der Waals surface area contributed by atoms with Crippen LogP contribution in [0, 0.1) is 5.92 Å². The normalized spacial score (nSPS) is 20.2. The minimum Gasteiger partial charge on any atom is -0.491 e. The molecule has 6 nitrogen and oxygen atoms in total. The molecule has 0 saturated carbocycles. The van der Waals surface area contributed by atoms with E-state index in [-0.39, 0.29) is 18.5 Å². The summed E-state index contributed by atoms with van der Waals surface area (Å²) >= 11 is 0. The predicted octanol–water partition coefficient (Wildman–Crippen LogP) is 2.46. The highest BCUT2D eigenvalue weighted by molar-refractivity contribution is 5.72. The molecule has 6 heteroatoms. The van der Waals surface area contributed by atoms with Crippen molar-refractivity contribution in [3.05, 3.63) is 41.5 Å². The number of carbonyl (C=O) groups is 1. The van der Waals surface area contributed by atoms with Crippen LogP contribution in [0.5, 0.6) is 5.75 Å². The van der Waals surface area contributed by atoms with Gasteiger partial charge in [-0.25, -0.2) is 0 Å². The van der Waals surface area contributed by atoms with Crippen LogP contribution < -0.4 is 4.74 Å². The van der Waals surface area contributed by atoms with Crippen LogP contribution in [0.4, 0.5) is 0 Å². The van der Waals surface area contributed by atoms with Crippen LogP contribution in [-0.4, -0.2) is 73.4 Å². The van der Waals surface area contributed by atoms with E-state index in [0.717, 1.165) is 57.7 Å². The van der Waals surface area contributed by atoms with Crippen LogP contribution in [0.2, 0.25) is 0 Å². The Bertz CT molecular complexity index is 698.